The summed E-state index contributed by atoms with van der Waals surface area (Å²) in [4.78, 5) is 12.1. The van der Waals surface area contributed by atoms with E-state index >= 15 is 0 Å². The van der Waals surface area contributed by atoms with Gasteiger partial charge in [-0.15, -0.1) is 0 Å². The van der Waals surface area contributed by atoms with Crippen molar-refractivity contribution in [2.24, 2.45) is 0 Å². The van der Waals surface area contributed by atoms with Crippen LogP contribution in [0.2, 0.25) is 0 Å². The molecule has 0 unspecified atom stereocenters. The first-order valence-corrected chi connectivity index (χ1v) is 8.09. The maximum absolute atomic E-state index is 13.0. The van der Waals surface area contributed by atoms with E-state index in [0.29, 0.717) is 11.3 Å². The maximum atomic E-state index is 13.0. The van der Waals surface area contributed by atoms with Gasteiger partial charge in [-0.3, -0.25) is 9.89 Å². The van der Waals surface area contributed by atoms with Crippen LogP contribution in [-0.4, -0.2) is 22.6 Å². The lowest BCUT2D eigenvalue weighted by Gasteiger charge is -2.08. The molecule has 0 aliphatic rings. The Hall–Kier alpha value is -3.60. The van der Waals surface area contributed by atoms with Gasteiger partial charge in [0.2, 0.25) is 0 Å². The molecule has 8 heteroatoms. The summed E-state index contributed by atoms with van der Waals surface area (Å²) >= 11 is 0. The van der Waals surface area contributed by atoms with Crippen molar-refractivity contribution in [3.8, 4) is 23.1 Å². The zero-order valence-electron chi connectivity index (χ0n) is 14.3. The van der Waals surface area contributed by atoms with Crippen molar-refractivity contribution in [2.75, 3.05) is 6.54 Å². The van der Waals surface area contributed by atoms with Gasteiger partial charge in [0, 0.05) is 11.1 Å². The van der Waals surface area contributed by atoms with Gasteiger partial charge in [-0.05, 0) is 42.5 Å². The largest absolute Gasteiger partial charge is 0.417 e. The highest BCUT2D eigenvalue weighted by Gasteiger charge is 2.32. The number of alkyl halides is 3. The van der Waals surface area contributed by atoms with Crippen LogP contribution < -0.4 is 5.32 Å². The summed E-state index contributed by atoms with van der Waals surface area (Å²) in [7, 11) is 0. The number of H-pyrrole nitrogens is 1. The van der Waals surface area contributed by atoms with E-state index in [0.717, 1.165) is 6.07 Å². The third-order valence-electron chi connectivity index (χ3n) is 3.76. The van der Waals surface area contributed by atoms with Crippen LogP contribution in [-0.2, 0) is 6.18 Å². The molecule has 0 radical (unpaired) electrons. The number of nitrogens with zero attached hydrogens (tertiary/aromatic N) is 1. The first-order chi connectivity index (χ1) is 13.3. The van der Waals surface area contributed by atoms with Gasteiger partial charge in [-0.25, -0.2) is 4.39 Å². The number of benzene rings is 2. The molecule has 0 spiro atoms. The molecule has 1 amide bonds. The molecule has 3 aromatic rings. The molecule has 0 fully saturated rings. The Balaban J connectivity index is 1.64. The molecule has 142 valence electrons. The van der Waals surface area contributed by atoms with E-state index in [-0.39, 0.29) is 23.6 Å². The Morgan fingerprint density at radius 2 is 1.82 bits per heavy atom. The predicted molar refractivity (Wildman–Crippen MR) is 94.6 cm³/mol. The van der Waals surface area contributed by atoms with Gasteiger partial charge in [0.25, 0.3) is 5.91 Å². The quantitative estimate of drug-likeness (QED) is 0.527. The molecule has 4 nitrogen and oxygen atoms in total. The van der Waals surface area contributed by atoms with E-state index in [9.17, 15) is 22.4 Å². The van der Waals surface area contributed by atoms with Crippen molar-refractivity contribution in [3.05, 3.63) is 77.2 Å². The maximum Gasteiger partial charge on any atom is 0.417 e. The lowest BCUT2D eigenvalue weighted by Crippen LogP contribution is -2.23. The van der Waals surface area contributed by atoms with Gasteiger partial charge in [-0.1, -0.05) is 24.0 Å². The molecular weight excluding hydrogens is 374 g/mol. The second-order valence-electron chi connectivity index (χ2n) is 5.70. The van der Waals surface area contributed by atoms with E-state index in [1.54, 1.807) is 0 Å². The van der Waals surface area contributed by atoms with Crippen molar-refractivity contribution in [1.29, 1.82) is 0 Å². The average molecular weight is 387 g/mol. The van der Waals surface area contributed by atoms with Crippen molar-refractivity contribution < 1.29 is 22.4 Å². The number of aromatic amines is 1. The minimum Gasteiger partial charge on any atom is -0.340 e. The molecule has 2 N–H and O–H groups in total. The number of carbonyl (C=O) groups is 1. The topological polar surface area (TPSA) is 57.8 Å². The van der Waals surface area contributed by atoms with E-state index < -0.39 is 17.6 Å². The molecule has 1 aromatic heterocycles. The second-order valence-corrected chi connectivity index (χ2v) is 5.70. The number of hydrogen-bond acceptors (Lipinski definition) is 2. The van der Waals surface area contributed by atoms with Crippen LogP contribution in [0, 0.1) is 17.7 Å². The van der Waals surface area contributed by atoms with Crippen molar-refractivity contribution in [2.45, 2.75) is 6.18 Å². The Labute approximate surface area is 157 Å². The van der Waals surface area contributed by atoms with Gasteiger partial charge in [0.1, 0.15) is 11.5 Å². The van der Waals surface area contributed by atoms with Gasteiger partial charge >= 0.3 is 6.18 Å². The van der Waals surface area contributed by atoms with Crippen LogP contribution in [0.3, 0.4) is 0 Å². The molecule has 0 bridgehead atoms. The third-order valence-corrected chi connectivity index (χ3v) is 3.76. The normalized spacial score (nSPS) is 10.9. The van der Waals surface area contributed by atoms with Gasteiger partial charge in [0.05, 0.1) is 17.8 Å². The Morgan fingerprint density at radius 3 is 2.54 bits per heavy atom. The second kappa shape index (κ2) is 7.96. The minimum atomic E-state index is -4.50. The first-order valence-electron chi connectivity index (χ1n) is 8.09. The standard InChI is InChI=1S/C20H13F4N3O/c21-15-9-7-14(8-10-15)17-12-18(27-26-17)19(28)25-11-3-5-13-4-1-2-6-16(13)20(22,23)24/h1-2,4,6-10,12H,11H2,(H,25,28)(H,26,27). The monoisotopic (exact) mass is 387 g/mol. The van der Waals surface area contributed by atoms with Crippen molar-refractivity contribution >= 4 is 5.91 Å². The summed E-state index contributed by atoms with van der Waals surface area (Å²) in [5.74, 6) is 4.02. The van der Waals surface area contributed by atoms with E-state index in [1.165, 1.54) is 48.5 Å². The predicted octanol–water partition coefficient (Wildman–Crippen LogP) is 4.02. The Bertz CT molecular complexity index is 1040. The van der Waals surface area contributed by atoms with Crippen molar-refractivity contribution in [3.63, 3.8) is 0 Å². The molecular formula is C20H13F4N3O. The van der Waals surface area contributed by atoms with E-state index in [1.807, 2.05) is 0 Å². The summed E-state index contributed by atoms with van der Waals surface area (Å²) < 4.78 is 51.7. The fourth-order valence-corrected chi connectivity index (χ4v) is 2.41. The summed E-state index contributed by atoms with van der Waals surface area (Å²) in [5, 5.41) is 9.01. The van der Waals surface area contributed by atoms with Crippen LogP contribution in [0.5, 0.6) is 0 Å². The highest BCUT2D eigenvalue weighted by Crippen LogP contribution is 2.31. The van der Waals surface area contributed by atoms with E-state index in [4.69, 9.17) is 0 Å². The highest BCUT2D eigenvalue weighted by molar-refractivity contribution is 5.93. The zero-order chi connectivity index (χ0) is 20.1. The summed E-state index contributed by atoms with van der Waals surface area (Å²) in [6.45, 7) is -0.143. The highest BCUT2D eigenvalue weighted by atomic mass is 19.4. The SMILES string of the molecule is O=C(NCC#Cc1ccccc1C(F)(F)F)c1cc(-c2ccc(F)cc2)n[nH]1. The van der Waals surface area contributed by atoms with Crippen molar-refractivity contribution in [1.82, 2.24) is 15.5 Å². The number of carbonyl (C=O) groups excluding carboxylic acids is 1. The molecule has 0 aliphatic heterocycles. The third kappa shape index (κ3) is 4.57. The van der Waals surface area contributed by atoms with Crippen LogP contribution >= 0.6 is 0 Å². The molecule has 0 saturated heterocycles. The number of nitrogens with one attached hydrogen (secondary N) is 2. The summed E-state index contributed by atoms with van der Waals surface area (Å²) in [6.07, 6.45) is -4.50. The lowest BCUT2D eigenvalue weighted by atomic mass is 10.1. The first kappa shape index (κ1) is 19.2. The number of rotatable bonds is 3. The zero-order valence-corrected chi connectivity index (χ0v) is 14.3. The van der Waals surface area contributed by atoms with Gasteiger partial charge in [-0.2, -0.15) is 18.3 Å². The molecule has 0 atom stereocenters. The molecule has 2 aromatic carbocycles. The molecule has 0 saturated carbocycles. The number of halogens is 4. The number of amides is 1. The van der Waals surface area contributed by atoms with Crippen LogP contribution in [0.1, 0.15) is 21.6 Å². The van der Waals surface area contributed by atoms with Crippen LogP contribution in [0.4, 0.5) is 17.6 Å². The number of aromatic nitrogens is 2. The van der Waals surface area contributed by atoms with Crippen LogP contribution in [0.15, 0.2) is 54.6 Å². The number of hydrogen-bond donors (Lipinski definition) is 2. The fraction of sp³-hybridized carbons (Fsp3) is 0.100. The molecule has 0 aliphatic carbocycles. The van der Waals surface area contributed by atoms with Gasteiger partial charge < -0.3 is 5.32 Å². The summed E-state index contributed by atoms with van der Waals surface area (Å²) in [5.41, 5.74) is 0.239. The van der Waals surface area contributed by atoms with E-state index in [2.05, 4.69) is 27.4 Å². The minimum absolute atomic E-state index is 0.143. The smallest absolute Gasteiger partial charge is 0.340 e. The molecule has 1 heterocycles. The molecule has 3 rings (SSSR count). The van der Waals surface area contributed by atoms with Crippen LogP contribution in [0.25, 0.3) is 11.3 Å². The Kier molecular flexibility index (Phi) is 5.45. The lowest BCUT2D eigenvalue weighted by molar-refractivity contribution is -0.137. The van der Waals surface area contributed by atoms with Gasteiger partial charge in [0.15, 0.2) is 0 Å². The molecule has 28 heavy (non-hydrogen) atoms. The summed E-state index contributed by atoms with van der Waals surface area (Å²) in [6, 6.07) is 12.0. The average Bonchev–Trinajstić information content (AvgIpc) is 3.15. The fourth-order valence-electron chi connectivity index (χ4n) is 2.41. The Morgan fingerprint density at radius 1 is 1.11 bits per heavy atom.